The van der Waals surface area contributed by atoms with E-state index in [2.05, 4.69) is 10.2 Å². The Hall–Kier alpha value is -2.08. The summed E-state index contributed by atoms with van der Waals surface area (Å²) >= 11 is 0. The highest BCUT2D eigenvalue weighted by Crippen LogP contribution is 2.15. The minimum atomic E-state index is -0.201. The van der Waals surface area contributed by atoms with E-state index in [-0.39, 0.29) is 18.0 Å². The van der Waals surface area contributed by atoms with Gasteiger partial charge < -0.3 is 15.1 Å². The number of anilines is 1. The quantitative estimate of drug-likeness (QED) is 0.915. The Kier molecular flexibility index (Phi) is 5.91. The highest BCUT2D eigenvalue weighted by atomic mass is 16.2. The van der Waals surface area contributed by atoms with E-state index >= 15 is 0 Å². The first kappa shape index (κ1) is 17.7. The number of nitrogens with zero attached hydrogens (tertiary/aromatic N) is 3. The zero-order valence-corrected chi connectivity index (χ0v) is 15.0. The van der Waals surface area contributed by atoms with Gasteiger partial charge in [0, 0.05) is 45.0 Å². The number of carbonyl (C=O) groups excluding carboxylic acids is 2. The smallest absolute Gasteiger partial charge is 0.320 e. The molecule has 1 atom stereocenters. The molecule has 2 heterocycles. The van der Waals surface area contributed by atoms with Gasteiger partial charge in [0.1, 0.15) is 0 Å². The summed E-state index contributed by atoms with van der Waals surface area (Å²) < 4.78 is 0. The lowest BCUT2D eigenvalue weighted by molar-refractivity contribution is -0.121. The Bertz CT molecular complexity index is 578. The maximum atomic E-state index is 12.6. The monoisotopic (exact) mass is 344 g/mol. The van der Waals surface area contributed by atoms with Crippen LogP contribution in [0.4, 0.5) is 10.5 Å². The van der Waals surface area contributed by atoms with Gasteiger partial charge in [0.15, 0.2) is 0 Å². The summed E-state index contributed by atoms with van der Waals surface area (Å²) in [6.45, 7) is 6.56. The van der Waals surface area contributed by atoms with Crippen molar-refractivity contribution in [3.8, 4) is 0 Å². The third-order valence-corrected chi connectivity index (χ3v) is 5.18. The second kappa shape index (κ2) is 8.34. The van der Waals surface area contributed by atoms with Crippen molar-refractivity contribution < 1.29 is 9.59 Å². The molecule has 1 aromatic carbocycles. The molecule has 2 aliphatic heterocycles. The molecular weight excluding hydrogens is 316 g/mol. The molecule has 1 aromatic rings. The van der Waals surface area contributed by atoms with E-state index in [0.29, 0.717) is 13.1 Å². The number of likely N-dealkylation sites (tertiary alicyclic amines) is 1. The fourth-order valence-electron chi connectivity index (χ4n) is 3.52. The summed E-state index contributed by atoms with van der Waals surface area (Å²) in [6, 6.07) is 9.49. The lowest BCUT2D eigenvalue weighted by atomic mass is 10.1. The van der Waals surface area contributed by atoms with Crippen LogP contribution in [-0.2, 0) is 4.79 Å². The van der Waals surface area contributed by atoms with Crippen LogP contribution in [0.3, 0.4) is 0 Å². The number of carbonyl (C=O) groups is 2. The zero-order valence-electron chi connectivity index (χ0n) is 15.0. The number of nitrogens with one attached hydrogen (secondary N) is 1. The van der Waals surface area contributed by atoms with Gasteiger partial charge in [0.2, 0.25) is 5.91 Å². The molecule has 2 fully saturated rings. The van der Waals surface area contributed by atoms with Crippen molar-refractivity contribution in [3.63, 3.8) is 0 Å². The Morgan fingerprint density at radius 3 is 2.12 bits per heavy atom. The summed E-state index contributed by atoms with van der Waals surface area (Å²) in [5, 5.41) is 2.96. The predicted octanol–water partition coefficient (Wildman–Crippen LogP) is 2.24. The molecule has 0 spiro atoms. The number of piperazine rings is 1. The van der Waals surface area contributed by atoms with Crippen LogP contribution >= 0.6 is 0 Å². The van der Waals surface area contributed by atoms with Crippen molar-refractivity contribution in [3.05, 3.63) is 30.3 Å². The summed E-state index contributed by atoms with van der Waals surface area (Å²) in [7, 11) is 0. The van der Waals surface area contributed by atoms with Crippen LogP contribution in [0.25, 0.3) is 0 Å². The van der Waals surface area contributed by atoms with Crippen LogP contribution in [-0.4, -0.2) is 71.9 Å². The molecule has 1 N–H and O–H groups in total. The molecule has 0 saturated carbocycles. The molecule has 3 amide bonds. The zero-order chi connectivity index (χ0) is 17.6. The van der Waals surface area contributed by atoms with Crippen LogP contribution < -0.4 is 5.32 Å². The van der Waals surface area contributed by atoms with E-state index in [1.165, 1.54) is 6.42 Å². The van der Waals surface area contributed by atoms with Crippen molar-refractivity contribution in [2.75, 3.05) is 44.6 Å². The normalized spacial score (nSPS) is 20.2. The van der Waals surface area contributed by atoms with Gasteiger partial charge in [0.25, 0.3) is 0 Å². The number of piperidine rings is 1. The van der Waals surface area contributed by atoms with Crippen molar-refractivity contribution in [2.24, 2.45) is 0 Å². The second-order valence-electron chi connectivity index (χ2n) is 6.88. The van der Waals surface area contributed by atoms with Crippen LogP contribution in [0.5, 0.6) is 0 Å². The van der Waals surface area contributed by atoms with Gasteiger partial charge in [-0.3, -0.25) is 9.69 Å². The third kappa shape index (κ3) is 4.51. The Balaban J connectivity index is 1.47. The van der Waals surface area contributed by atoms with Crippen molar-refractivity contribution in [1.29, 1.82) is 0 Å². The topological polar surface area (TPSA) is 55.9 Å². The number of benzene rings is 1. The van der Waals surface area contributed by atoms with E-state index < -0.39 is 0 Å². The maximum absolute atomic E-state index is 12.6. The van der Waals surface area contributed by atoms with Crippen LogP contribution in [0.2, 0.25) is 0 Å². The minimum absolute atomic E-state index is 0.00186. The second-order valence-corrected chi connectivity index (χ2v) is 6.88. The summed E-state index contributed by atoms with van der Waals surface area (Å²) in [4.78, 5) is 31.1. The molecule has 136 valence electrons. The molecule has 0 radical (unpaired) electrons. The molecule has 2 saturated heterocycles. The van der Waals surface area contributed by atoms with Crippen molar-refractivity contribution in [1.82, 2.24) is 14.7 Å². The van der Waals surface area contributed by atoms with E-state index in [9.17, 15) is 9.59 Å². The van der Waals surface area contributed by atoms with E-state index in [4.69, 9.17) is 0 Å². The summed E-state index contributed by atoms with van der Waals surface area (Å²) in [5.41, 5.74) is 0.818. The molecule has 6 heteroatoms. The molecule has 6 nitrogen and oxygen atoms in total. The van der Waals surface area contributed by atoms with E-state index in [0.717, 1.165) is 44.7 Å². The summed E-state index contributed by atoms with van der Waals surface area (Å²) in [6.07, 6.45) is 3.45. The lowest BCUT2D eigenvalue weighted by Crippen LogP contribution is -2.56. The number of urea groups is 1. The number of hydrogen-bond acceptors (Lipinski definition) is 3. The van der Waals surface area contributed by atoms with E-state index in [1.807, 2.05) is 47.1 Å². The van der Waals surface area contributed by atoms with Gasteiger partial charge in [-0.1, -0.05) is 18.2 Å². The molecule has 0 bridgehead atoms. The largest absolute Gasteiger partial charge is 0.325 e. The average molecular weight is 344 g/mol. The van der Waals surface area contributed by atoms with Crippen molar-refractivity contribution >= 4 is 17.6 Å². The predicted molar refractivity (Wildman–Crippen MR) is 98.5 cm³/mol. The first-order chi connectivity index (χ1) is 12.1. The molecule has 3 rings (SSSR count). The number of hydrogen-bond donors (Lipinski definition) is 1. The van der Waals surface area contributed by atoms with Gasteiger partial charge >= 0.3 is 6.03 Å². The van der Waals surface area contributed by atoms with Gasteiger partial charge in [-0.05, 0) is 38.3 Å². The molecular formula is C19H28N4O2. The van der Waals surface area contributed by atoms with Gasteiger partial charge in [-0.15, -0.1) is 0 Å². The molecule has 25 heavy (non-hydrogen) atoms. The van der Waals surface area contributed by atoms with Crippen LogP contribution in [0.1, 0.15) is 26.2 Å². The Labute approximate surface area is 149 Å². The number of rotatable bonds is 3. The first-order valence-electron chi connectivity index (χ1n) is 9.29. The Morgan fingerprint density at radius 1 is 0.880 bits per heavy atom. The van der Waals surface area contributed by atoms with Crippen LogP contribution in [0.15, 0.2) is 30.3 Å². The molecule has 0 aromatic heterocycles. The van der Waals surface area contributed by atoms with Gasteiger partial charge in [0.05, 0.1) is 6.04 Å². The SMILES string of the molecule is CC(C(=O)Nc1ccccc1)N1CCN(C(=O)N2CCCCC2)CC1. The number of para-hydroxylation sites is 1. The fourth-order valence-corrected chi connectivity index (χ4v) is 3.52. The Morgan fingerprint density at radius 2 is 1.48 bits per heavy atom. The standard InChI is InChI=1S/C19H28N4O2/c1-16(18(24)20-17-8-4-2-5-9-17)21-12-14-23(15-13-21)19(25)22-10-6-3-7-11-22/h2,4-5,8-9,16H,3,6-7,10-15H2,1H3,(H,20,24). The molecule has 1 unspecified atom stereocenters. The van der Waals surface area contributed by atoms with E-state index in [1.54, 1.807) is 0 Å². The number of amides is 3. The summed E-state index contributed by atoms with van der Waals surface area (Å²) in [5.74, 6) is 0.00186. The minimum Gasteiger partial charge on any atom is -0.325 e. The highest BCUT2D eigenvalue weighted by Gasteiger charge is 2.29. The first-order valence-corrected chi connectivity index (χ1v) is 9.29. The average Bonchev–Trinajstić information content (AvgIpc) is 2.68. The molecule has 0 aliphatic carbocycles. The van der Waals surface area contributed by atoms with Gasteiger partial charge in [-0.2, -0.15) is 0 Å². The van der Waals surface area contributed by atoms with Crippen molar-refractivity contribution in [2.45, 2.75) is 32.2 Å². The fraction of sp³-hybridized carbons (Fsp3) is 0.579. The van der Waals surface area contributed by atoms with Crippen LogP contribution in [0, 0.1) is 0 Å². The lowest BCUT2D eigenvalue weighted by Gasteiger charge is -2.40. The maximum Gasteiger partial charge on any atom is 0.320 e. The highest BCUT2D eigenvalue weighted by molar-refractivity contribution is 5.94. The molecule has 2 aliphatic rings. The third-order valence-electron chi connectivity index (χ3n) is 5.18. The van der Waals surface area contributed by atoms with Gasteiger partial charge in [-0.25, -0.2) is 4.79 Å².